The van der Waals surface area contributed by atoms with Crippen LogP contribution in [0.15, 0.2) is 0 Å². The van der Waals surface area contributed by atoms with Gasteiger partial charge in [0.25, 0.3) is 0 Å². The molecule has 2 heteroatoms. The molecule has 1 rings (SSSR count). The maximum atomic E-state index is 6.06. The fourth-order valence-electron chi connectivity index (χ4n) is 3.27. The van der Waals surface area contributed by atoms with Crippen molar-refractivity contribution in [3.8, 4) is 0 Å². The van der Waals surface area contributed by atoms with Crippen LogP contribution in [0.1, 0.15) is 65.2 Å². The maximum absolute atomic E-state index is 6.06. The van der Waals surface area contributed by atoms with Crippen molar-refractivity contribution in [2.45, 2.75) is 71.3 Å². The predicted molar refractivity (Wildman–Crippen MR) is 76.9 cm³/mol. The van der Waals surface area contributed by atoms with Gasteiger partial charge in [-0.3, -0.25) is 0 Å². The van der Waals surface area contributed by atoms with Gasteiger partial charge in [-0.2, -0.15) is 0 Å². The third-order valence-corrected chi connectivity index (χ3v) is 4.27. The molecular formula is C16H32O2. The quantitative estimate of drug-likeness (QED) is 0.538. The number of methoxy groups -OCH3 is 1. The molecule has 0 spiro atoms. The molecule has 1 aliphatic carbocycles. The molecule has 0 aromatic rings. The summed E-state index contributed by atoms with van der Waals surface area (Å²) in [5.74, 6) is 1.63. The van der Waals surface area contributed by atoms with Gasteiger partial charge in [0.05, 0.1) is 6.10 Å². The van der Waals surface area contributed by atoms with Gasteiger partial charge >= 0.3 is 0 Å². The average molecular weight is 256 g/mol. The first-order valence-electron chi connectivity index (χ1n) is 7.94. The van der Waals surface area contributed by atoms with Crippen molar-refractivity contribution in [1.29, 1.82) is 0 Å². The first kappa shape index (κ1) is 16.0. The monoisotopic (exact) mass is 256 g/mol. The van der Waals surface area contributed by atoms with Crippen LogP contribution in [0.25, 0.3) is 0 Å². The van der Waals surface area contributed by atoms with Crippen molar-refractivity contribution in [2.75, 3.05) is 20.3 Å². The van der Waals surface area contributed by atoms with Crippen LogP contribution in [0.4, 0.5) is 0 Å². The van der Waals surface area contributed by atoms with E-state index in [2.05, 4.69) is 13.8 Å². The predicted octanol–water partition coefficient (Wildman–Crippen LogP) is 4.42. The van der Waals surface area contributed by atoms with Gasteiger partial charge in [0.15, 0.2) is 0 Å². The minimum Gasteiger partial charge on any atom is -0.385 e. The van der Waals surface area contributed by atoms with Crippen LogP contribution in [0.2, 0.25) is 0 Å². The molecule has 2 nitrogen and oxygen atoms in total. The van der Waals surface area contributed by atoms with E-state index < -0.39 is 0 Å². The summed E-state index contributed by atoms with van der Waals surface area (Å²) < 4.78 is 11.3. The molecule has 0 N–H and O–H groups in total. The maximum Gasteiger partial charge on any atom is 0.0606 e. The standard InChI is InChI=1S/C16H32O2/c1-4-6-7-8-15-14(11-13-17-3)9-10-16(15)18-12-5-2/h14-16H,4-13H2,1-3H3. The minimum absolute atomic E-state index is 0.531. The highest BCUT2D eigenvalue weighted by atomic mass is 16.5. The van der Waals surface area contributed by atoms with Gasteiger partial charge in [-0.15, -0.1) is 0 Å². The average Bonchev–Trinajstić information content (AvgIpc) is 2.77. The molecule has 3 unspecified atom stereocenters. The molecule has 0 aromatic heterocycles. The van der Waals surface area contributed by atoms with Crippen LogP contribution in [-0.2, 0) is 9.47 Å². The van der Waals surface area contributed by atoms with Crippen molar-refractivity contribution in [3.63, 3.8) is 0 Å². The van der Waals surface area contributed by atoms with Crippen molar-refractivity contribution in [2.24, 2.45) is 11.8 Å². The summed E-state index contributed by atoms with van der Waals surface area (Å²) in [6.07, 6.45) is 10.9. The summed E-state index contributed by atoms with van der Waals surface area (Å²) in [4.78, 5) is 0. The minimum atomic E-state index is 0.531. The molecule has 0 saturated heterocycles. The molecule has 1 aliphatic rings. The topological polar surface area (TPSA) is 18.5 Å². The Bertz CT molecular complexity index is 178. The lowest BCUT2D eigenvalue weighted by atomic mass is 9.87. The van der Waals surface area contributed by atoms with Crippen LogP contribution >= 0.6 is 0 Å². The molecule has 108 valence electrons. The summed E-state index contributed by atoms with van der Waals surface area (Å²) in [5.41, 5.74) is 0. The molecule has 1 saturated carbocycles. The van der Waals surface area contributed by atoms with E-state index in [-0.39, 0.29) is 0 Å². The lowest BCUT2D eigenvalue weighted by Gasteiger charge is -2.25. The second-order valence-electron chi connectivity index (χ2n) is 5.69. The van der Waals surface area contributed by atoms with Crippen molar-refractivity contribution < 1.29 is 9.47 Å². The molecule has 0 heterocycles. The molecule has 1 fully saturated rings. The fraction of sp³-hybridized carbons (Fsp3) is 1.00. The fourth-order valence-corrected chi connectivity index (χ4v) is 3.27. The Morgan fingerprint density at radius 3 is 2.44 bits per heavy atom. The van der Waals surface area contributed by atoms with E-state index in [1.807, 2.05) is 7.11 Å². The highest BCUT2D eigenvalue weighted by Gasteiger charge is 2.35. The summed E-state index contributed by atoms with van der Waals surface area (Å²) in [5, 5.41) is 0. The number of unbranched alkanes of at least 4 members (excludes halogenated alkanes) is 2. The first-order chi connectivity index (χ1) is 8.83. The van der Waals surface area contributed by atoms with Crippen molar-refractivity contribution in [3.05, 3.63) is 0 Å². The van der Waals surface area contributed by atoms with Gasteiger partial charge in [-0.1, -0.05) is 33.1 Å². The molecule has 0 amide bonds. The number of rotatable bonds is 10. The summed E-state index contributed by atoms with van der Waals surface area (Å²) in [6, 6.07) is 0. The Morgan fingerprint density at radius 2 is 1.78 bits per heavy atom. The second kappa shape index (κ2) is 9.80. The molecule has 0 aliphatic heterocycles. The van der Waals surface area contributed by atoms with Crippen LogP contribution in [0, 0.1) is 11.8 Å². The van der Waals surface area contributed by atoms with Crippen molar-refractivity contribution in [1.82, 2.24) is 0 Å². The largest absolute Gasteiger partial charge is 0.385 e. The highest BCUT2D eigenvalue weighted by Crippen LogP contribution is 2.39. The Hall–Kier alpha value is -0.0800. The SMILES string of the molecule is CCCCCC1C(CCOC)CCC1OCCC. The van der Waals surface area contributed by atoms with Crippen LogP contribution in [0.3, 0.4) is 0 Å². The van der Waals surface area contributed by atoms with Gasteiger partial charge in [0, 0.05) is 20.3 Å². The van der Waals surface area contributed by atoms with Crippen LogP contribution in [0.5, 0.6) is 0 Å². The van der Waals surface area contributed by atoms with Gasteiger partial charge in [-0.25, -0.2) is 0 Å². The van der Waals surface area contributed by atoms with E-state index in [1.54, 1.807) is 0 Å². The normalized spacial score (nSPS) is 27.8. The van der Waals surface area contributed by atoms with E-state index in [4.69, 9.17) is 9.47 Å². The lowest BCUT2D eigenvalue weighted by molar-refractivity contribution is 0.0142. The second-order valence-corrected chi connectivity index (χ2v) is 5.69. The molecular weight excluding hydrogens is 224 g/mol. The van der Waals surface area contributed by atoms with E-state index in [1.165, 1.54) is 44.9 Å². The summed E-state index contributed by atoms with van der Waals surface area (Å²) in [7, 11) is 1.81. The van der Waals surface area contributed by atoms with E-state index >= 15 is 0 Å². The van der Waals surface area contributed by atoms with Gasteiger partial charge in [0.2, 0.25) is 0 Å². The summed E-state index contributed by atoms with van der Waals surface area (Å²) in [6.45, 7) is 6.33. The van der Waals surface area contributed by atoms with Gasteiger partial charge in [0.1, 0.15) is 0 Å². The van der Waals surface area contributed by atoms with Gasteiger partial charge in [-0.05, 0) is 43.9 Å². The van der Waals surface area contributed by atoms with E-state index in [9.17, 15) is 0 Å². The number of hydrogen-bond donors (Lipinski definition) is 0. The van der Waals surface area contributed by atoms with Crippen molar-refractivity contribution >= 4 is 0 Å². The van der Waals surface area contributed by atoms with E-state index in [0.717, 1.165) is 31.5 Å². The van der Waals surface area contributed by atoms with Gasteiger partial charge < -0.3 is 9.47 Å². The Kier molecular flexibility index (Phi) is 8.70. The first-order valence-corrected chi connectivity index (χ1v) is 7.94. The molecule has 0 aromatic carbocycles. The molecule has 18 heavy (non-hydrogen) atoms. The molecule has 3 atom stereocenters. The van der Waals surface area contributed by atoms with Crippen LogP contribution in [-0.4, -0.2) is 26.4 Å². The molecule has 0 radical (unpaired) electrons. The smallest absolute Gasteiger partial charge is 0.0606 e. The Morgan fingerprint density at radius 1 is 0.944 bits per heavy atom. The van der Waals surface area contributed by atoms with E-state index in [0.29, 0.717) is 6.10 Å². The lowest BCUT2D eigenvalue weighted by Crippen LogP contribution is -2.23. The zero-order valence-corrected chi connectivity index (χ0v) is 12.6. The highest BCUT2D eigenvalue weighted by molar-refractivity contribution is 4.85. The molecule has 0 bridgehead atoms. The summed E-state index contributed by atoms with van der Waals surface area (Å²) >= 11 is 0. The number of ether oxygens (including phenoxy) is 2. The number of hydrogen-bond acceptors (Lipinski definition) is 2. The zero-order valence-electron chi connectivity index (χ0n) is 12.6. The zero-order chi connectivity index (χ0) is 13.2. The third kappa shape index (κ3) is 5.27. The van der Waals surface area contributed by atoms with Crippen LogP contribution < -0.4 is 0 Å². The Labute approximate surface area is 113 Å². The Balaban J connectivity index is 2.40. The third-order valence-electron chi connectivity index (χ3n) is 4.27.